The number of imidazole rings is 1. The van der Waals surface area contributed by atoms with Gasteiger partial charge in [0.25, 0.3) is 0 Å². The van der Waals surface area contributed by atoms with E-state index in [4.69, 9.17) is 10.8 Å². The number of hydrogen-bond acceptors (Lipinski definition) is 8. The lowest BCUT2D eigenvalue weighted by Gasteiger charge is -2.24. The van der Waals surface area contributed by atoms with Crippen molar-refractivity contribution in [3.8, 4) is 0 Å². The molecule has 3 amide bonds. The van der Waals surface area contributed by atoms with Crippen LogP contribution in [0.25, 0.3) is 10.9 Å². The first kappa shape index (κ1) is 31.3. The second-order valence-corrected chi connectivity index (χ2v) is 9.50. The number of nitrogens with two attached hydrogens (primary N) is 1. The molecule has 16 heteroatoms. The van der Waals surface area contributed by atoms with E-state index in [-0.39, 0.29) is 12.8 Å². The third kappa shape index (κ3) is 8.88. The van der Waals surface area contributed by atoms with Gasteiger partial charge in [0.05, 0.1) is 18.8 Å². The number of H-pyrrole nitrogens is 2. The Kier molecular flexibility index (Phi) is 10.7. The molecule has 4 atom stereocenters. The third-order valence-corrected chi connectivity index (χ3v) is 6.34. The van der Waals surface area contributed by atoms with Crippen LogP contribution in [0.15, 0.2) is 43.0 Å². The van der Waals surface area contributed by atoms with Crippen molar-refractivity contribution in [1.29, 1.82) is 0 Å². The first-order valence-electron chi connectivity index (χ1n) is 12.8. The molecule has 0 aliphatic rings. The van der Waals surface area contributed by atoms with Gasteiger partial charge >= 0.3 is 17.9 Å². The Hall–Kier alpha value is -5.25. The number of para-hydroxylation sites is 1. The summed E-state index contributed by atoms with van der Waals surface area (Å²) in [6, 6.07) is 1.23. The minimum atomic E-state index is -1.75. The molecule has 0 aliphatic heterocycles. The van der Waals surface area contributed by atoms with Crippen molar-refractivity contribution < 1.29 is 44.1 Å². The molecule has 1 aromatic carbocycles. The first-order valence-corrected chi connectivity index (χ1v) is 12.8. The average molecular weight is 586 g/mol. The van der Waals surface area contributed by atoms with E-state index in [0.29, 0.717) is 11.3 Å². The number of hydrogen-bond donors (Lipinski definition) is 9. The van der Waals surface area contributed by atoms with Crippen LogP contribution in [0.1, 0.15) is 30.5 Å². The largest absolute Gasteiger partial charge is 0.481 e. The molecule has 0 saturated heterocycles. The second kappa shape index (κ2) is 14.4. The third-order valence-electron chi connectivity index (χ3n) is 6.34. The molecule has 3 rings (SSSR count). The van der Waals surface area contributed by atoms with E-state index in [9.17, 15) is 39.0 Å². The van der Waals surface area contributed by atoms with E-state index in [1.54, 1.807) is 30.5 Å². The van der Waals surface area contributed by atoms with Crippen LogP contribution in [0.3, 0.4) is 0 Å². The number of carboxylic acids is 3. The molecule has 0 spiro atoms. The summed E-state index contributed by atoms with van der Waals surface area (Å²) < 4.78 is 0. The zero-order valence-electron chi connectivity index (χ0n) is 22.2. The van der Waals surface area contributed by atoms with Crippen LogP contribution in [0.4, 0.5) is 0 Å². The number of nitrogens with zero attached hydrogens (tertiary/aromatic N) is 1. The molecule has 3 aromatic rings. The topological polar surface area (TPSA) is 270 Å². The van der Waals surface area contributed by atoms with E-state index in [2.05, 4.69) is 30.9 Å². The molecular weight excluding hydrogens is 554 g/mol. The number of amides is 3. The fraction of sp³-hybridized carbons (Fsp3) is 0.346. The van der Waals surface area contributed by atoms with Gasteiger partial charge in [-0.1, -0.05) is 18.2 Å². The highest BCUT2D eigenvalue weighted by atomic mass is 16.4. The minimum Gasteiger partial charge on any atom is -0.481 e. The molecule has 42 heavy (non-hydrogen) atoms. The Bertz CT molecular complexity index is 1440. The quantitative estimate of drug-likeness (QED) is 0.0971. The number of aliphatic carboxylic acids is 3. The van der Waals surface area contributed by atoms with E-state index in [0.717, 1.165) is 10.9 Å². The van der Waals surface area contributed by atoms with Gasteiger partial charge < -0.3 is 47.0 Å². The Labute approximate surface area is 238 Å². The van der Waals surface area contributed by atoms with Gasteiger partial charge in [-0.05, 0) is 18.1 Å². The lowest BCUT2D eigenvalue weighted by Crippen LogP contribution is -2.57. The van der Waals surface area contributed by atoms with E-state index < -0.39 is 79.1 Å². The zero-order valence-corrected chi connectivity index (χ0v) is 22.2. The SMILES string of the molecule is NC(Cc1cnc[nH]1)C(=O)NC(CCC(=O)O)C(=O)NC(CC(=O)O)C(=O)NC(Cc1c[nH]c2ccccc12)C(=O)O. The monoisotopic (exact) mass is 585 g/mol. The minimum absolute atomic E-state index is 0.0240. The molecular formula is C26H31N7O9. The summed E-state index contributed by atoms with van der Waals surface area (Å²) in [5, 5.41) is 35.7. The molecule has 0 aliphatic carbocycles. The van der Waals surface area contributed by atoms with Crippen molar-refractivity contribution in [3.05, 3.63) is 54.2 Å². The maximum absolute atomic E-state index is 13.1. The fourth-order valence-corrected chi connectivity index (χ4v) is 4.19. The second-order valence-electron chi connectivity index (χ2n) is 9.50. The van der Waals surface area contributed by atoms with Gasteiger partial charge in [-0.3, -0.25) is 24.0 Å². The highest BCUT2D eigenvalue weighted by Crippen LogP contribution is 2.19. The summed E-state index contributed by atoms with van der Waals surface area (Å²) in [5.41, 5.74) is 7.76. The van der Waals surface area contributed by atoms with Gasteiger partial charge in [-0.2, -0.15) is 0 Å². The molecule has 4 unspecified atom stereocenters. The molecule has 0 fully saturated rings. The highest BCUT2D eigenvalue weighted by molar-refractivity contribution is 5.96. The number of carbonyl (C=O) groups is 6. The van der Waals surface area contributed by atoms with Crippen molar-refractivity contribution in [2.75, 3.05) is 0 Å². The van der Waals surface area contributed by atoms with Gasteiger partial charge in [0.1, 0.15) is 18.1 Å². The van der Waals surface area contributed by atoms with E-state index >= 15 is 0 Å². The standard InChI is InChI=1S/C26H31N7O9/c27-16(8-14-11-28-12-30-14)23(38)31-18(5-6-21(34)35)24(39)32-19(9-22(36)37)25(40)33-20(26(41)42)7-13-10-29-17-4-2-1-3-15(13)17/h1-4,10-12,16,18-20,29H,5-9,27H2,(H,28,30)(H,31,38)(H,32,39)(H,33,40)(H,34,35)(H,36,37)(H,41,42). The summed E-state index contributed by atoms with van der Waals surface area (Å²) in [6.07, 6.45) is 2.43. The lowest BCUT2D eigenvalue weighted by molar-refractivity contribution is -0.143. The molecule has 2 heterocycles. The van der Waals surface area contributed by atoms with Crippen molar-refractivity contribution >= 4 is 46.5 Å². The predicted molar refractivity (Wildman–Crippen MR) is 145 cm³/mol. The molecule has 2 aromatic heterocycles. The first-order chi connectivity index (χ1) is 19.9. The van der Waals surface area contributed by atoms with E-state index in [1.165, 1.54) is 12.5 Å². The number of nitrogens with one attached hydrogen (secondary N) is 5. The Morgan fingerprint density at radius 1 is 0.833 bits per heavy atom. The van der Waals surface area contributed by atoms with Crippen molar-refractivity contribution in [3.63, 3.8) is 0 Å². The smallest absolute Gasteiger partial charge is 0.326 e. The summed E-state index contributed by atoms with van der Waals surface area (Å²) in [7, 11) is 0. The molecule has 0 radical (unpaired) electrons. The van der Waals surface area contributed by atoms with Crippen molar-refractivity contribution in [2.24, 2.45) is 5.73 Å². The van der Waals surface area contributed by atoms with Gasteiger partial charge in [-0.25, -0.2) is 9.78 Å². The number of aromatic amines is 2. The number of rotatable bonds is 16. The molecule has 0 saturated carbocycles. The van der Waals surface area contributed by atoms with Crippen molar-refractivity contribution in [2.45, 2.75) is 56.3 Å². The van der Waals surface area contributed by atoms with Gasteiger partial charge in [0.2, 0.25) is 17.7 Å². The molecule has 16 nitrogen and oxygen atoms in total. The molecule has 224 valence electrons. The fourth-order valence-electron chi connectivity index (χ4n) is 4.19. The summed E-state index contributed by atoms with van der Waals surface area (Å²) >= 11 is 0. The average Bonchev–Trinajstić information content (AvgIpc) is 3.59. The van der Waals surface area contributed by atoms with Gasteiger partial charge in [0, 0.05) is 48.3 Å². The van der Waals surface area contributed by atoms with Crippen LogP contribution in [-0.4, -0.2) is 90.1 Å². The van der Waals surface area contributed by atoms with Crippen LogP contribution in [-0.2, 0) is 41.6 Å². The van der Waals surface area contributed by atoms with E-state index in [1.807, 2.05) is 0 Å². The lowest BCUT2D eigenvalue weighted by atomic mass is 10.0. The summed E-state index contributed by atoms with van der Waals surface area (Å²) in [6.45, 7) is 0. The van der Waals surface area contributed by atoms with Crippen molar-refractivity contribution in [1.82, 2.24) is 30.9 Å². The zero-order chi connectivity index (χ0) is 30.8. The highest BCUT2D eigenvalue weighted by Gasteiger charge is 2.32. The Balaban J connectivity index is 1.72. The normalized spacial score (nSPS) is 13.8. The summed E-state index contributed by atoms with van der Waals surface area (Å²) in [4.78, 5) is 83.0. The van der Waals surface area contributed by atoms with Crippen LogP contribution in [0.5, 0.6) is 0 Å². The number of aromatic nitrogens is 3. The number of benzene rings is 1. The number of carboxylic acid groups (broad SMARTS) is 3. The van der Waals surface area contributed by atoms with Crippen LogP contribution < -0.4 is 21.7 Å². The molecule has 10 N–H and O–H groups in total. The van der Waals surface area contributed by atoms with Crippen LogP contribution in [0.2, 0.25) is 0 Å². The maximum Gasteiger partial charge on any atom is 0.326 e. The molecule has 0 bridgehead atoms. The Morgan fingerprint density at radius 2 is 1.50 bits per heavy atom. The van der Waals surface area contributed by atoms with Crippen LogP contribution >= 0.6 is 0 Å². The Morgan fingerprint density at radius 3 is 2.14 bits per heavy atom. The van der Waals surface area contributed by atoms with Crippen LogP contribution in [0, 0.1) is 0 Å². The van der Waals surface area contributed by atoms with Gasteiger partial charge in [0.15, 0.2) is 0 Å². The maximum atomic E-state index is 13.1. The number of fused-ring (bicyclic) bond motifs is 1. The summed E-state index contributed by atoms with van der Waals surface area (Å²) in [5.74, 6) is -7.11. The number of carbonyl (C=O) groups excluding carboxylic acids is 3. The van der Waals surface area contributed by atoms with Gasteiger partial charge in [-0.15, -0.1) is 0 Å². The predicted octanol–water partition coefficient (Wildman–Crippen LogP) is -1.12.